The zero-order chi connectivity index (χ0) is 10.0. The Hall–Kier alpha value is -1.12. The Morgan fingerprint density at radius 3 is 2.57 bits per heavy atom. The molecule has 0 spiro atoms. The second-order valence-corrected chi connectivity index (χ2v) is 3.81. The molecule has 0 fully saturated rings. The zero-order valence-electron chi connectivity index (χ0n) is 8.49. The summed E-state index contributed by atoms with van der Waals surface area (Å²) in [5.41, 5.74) is 1.87. The predicted octanol–water partition coefficient (Wildman–Crippen LogP) is 2.81. The van der Waals surface area contributed by atoms with Crippen molar-refractivity contribution in [2.45, 2.75) is 19.4 Å². The Balaban J connectivity index is 2.37. The lowest BCUT2D eigenvalue weighted by atomic mass is 9.93. The summed E-state index contributed by atoms with van der Waals surface area (Å²) in [6.07, 6.45) is 2.10. The standard InChI is InChI=1S/C12H14O2/c1-10-8-12(2,14-13-9-10)11-6-4-3-5-7-11/h3-8H,9H2,1-2H3. The van der Waals surface area contributed by atoms with Crippen LogP contribution in [0.25, 0.3) is 0 Å². The minimum Gasteiger partial charge on any atom is -0.231 e. The summed E-state index contributed by atoms with van der Waals surface area (Å²) in [7, 11) is 0. The van der Waals surface area contributed by atoms with Crippen molar-refractivity contribution in [3.63, 3.8) is 0 Å². The van der Waals surface area contributed by atoms with E-state index in [0.29, 0.717) is 6.61 Å². The minimum atomic E-state index is -0.441. The lowest BCUT2D eigenvalue weighted by Crippen LogP contribution is -2.28. The van der Waals surface area contributed by atoms with Gasteiger partial charge in [-0.25, -0.2) is 9.78 Å². The summed E-state index contributed by atoms with van der Waals surface area (Å²) in [5.74, 6) is 0. The van der Waals surface area contributed by atoms with Crippen LogP contribution in [0.5, 0.6) is 0 Å². The molecule has 2 nitrogen and oxygen atoms in total. The van der Waals surface area contributed by atoms with Crippen LogP contribution in [-0.2, 0) is 15.4 Å². The second-order valence-electron chi connectivity index (χ2n) is 3.81. The molecule has 1 aromatic rings. The fraction of sp³-hybridized carbons (Fsp3) is 0.333. The van der Waals surface area contributed by atoms with Crippen molar-refractivity contribution < 1.29 is 9.78 Å². The van der Waals surface area contributed by atoms with E-state index in [2.05, 4.69) is 6.08 Å². The van der Waals surface area contributed by atoms with Gasteiger partial charge in [-0.05, 0) is 31.1 Å². The Morgan fingerprint density at radius 1 is 1.21 bits per heavy atom. The second kappa shape index (κ2) is 3.56. The molecule has 2 rings (SSSR count). The highest BCUT2D eigenvalue weighted by molar-refractivity contribution is 5.28. The van der Waals surface area contributed by atoms with Crippen LogP contribution >= 0.6 is 0 Å². The first-order chi connectivity index (χ1) is 6.71. The fourth-order valence-corrected chi connectivity index (χ4v) is 1.68. The molecule has 0 saturated carbocycles. The van der Waals surface area contributed by atoms with E-state index in [4.69, 9.17) is 9.78 Å². The average molecular weight is 190 g/mol. The summed E-state index contributed by atoms with van der Waals surface area (Å²) < 4.78 is 0. The molecule has 0 N–H and O–H groups in total. The summed E-state index contributed by atoms with van der Waals surface area (Å²) >= 11 is 0. The maximum atomic E-state index is 5.35. The van der Waals surface area contributed by atoms with Gasteiger partial charge in [-0.1, -0.05) is 30.3 Å². The topological polar surface area (TPSA) is 18.5 Å². The Bertz CT molecular complexity index is 343. The highest BCUT2D eigenvalue weighted by atomic mass is 17.2. The van der Waals surface area contributed by atoms with Crippen LogP contribution in [0.1, 0.15) is 19.4 Å². The molecule has 0 aliphatic carbocycles. The van der Waals surface area contributed by atoms with Gasteiger partial charge in [-0.15, -0.1) is 0 Å². The van der Waals surface area contributed by atoms with Crippen LogP contribution < -0.4 is 0 Å². The third-order valence-electron chi connectivity index (χ3n) is 2.39. The van der Waals surface area contributed by atoms with Crippen molar-refractivity contribution in [3.05, 3.63) is 47.5 Å². The molecule has 0 radical (unpaired) electrons. The number of benzene rings is 1. The Labute approximate surface area is 84.1 Å². The van der Waals surface area contributed by atoms with Crippen molar-refractivity contribution in [2.75, 3.05) is 6.61 Å². The fourth-order valence-electron chi connectivity index (χ4n) is 1.68. The van der Waals surface area contributed by atoms with Gasteiger partial charge in [0, 0.05) is 0 Å². The molecule has 0 aromatic heterocycles. The van der Waals surface area contributed by atoms with E-state index < -0.39 is 5.60 Å². The van der Waals surface area contributed by atoms with E-state index in [9.17, 15) is 0 Å². The quantitative estimate of drug-likeness (QED) is 0.500. The molecular weight excluding hydrogens is 176 g/mol. The van der Waals surface area contributed by atoms with E-state index >= 15 is 0 Å². The van der Waals surface area contributed by atoms with Crippen molar-refractivity contribution in [3.8, 4) is 0 Å². The maximum Gasteiger partial charge on any atom is 0.144 e. The largest absolute Gasteiger partial charge is 0.231 e. The number of rotatable bonds is 1. The highest BCUT2D eigenvalue weighted by Gasteiger charge is 2.29. The van der Waals surface area contributed by atoms with Crippen LogP contribution in [0.4, 0.5) is 0 Å². The van der Waals surface area contributed by atoms with Crippen LogP contribution in [0.3, 0.4) is 0 Å². The third-order valence-corrected chi connectivity index (χ3v) is 2.39. The molecule has 1 aromatic carbocycles. The van der Waals surface area contributed by atoms with Crippen molar-refractivity contribution >= 4 is 0 Å². The molecule has 1 aliphatic heterocycles. The van der Waals surface area contributed by atoms with Gasteiger partial charge in [-0.2, -0.15) is 0 Å². The molecule has 1 aliphatic rings. The van der Waals surface area contributed by atoms with Crippen LogP contribution in [0.15, 0.2) is 42.0 Å². The van der Waals surface area contributed by atoms with Gasteiger partial charge in [0.15, 0.2) is 0 Å². The lowest BCUT2D eigenvalue weighted by Gasteiger charge is -2.29. The monoisotopic (exact) mass is 190 g/mol. The summed E-state index contributed by atoms with van der Waals surface area (Å²) in [5, 5.41) is 0. The third kappa shape index (κ3) is 1.72. The summed E-state index contributed by atoms with van der Waals surface area (Å²) in [6.45, 7) is 4.61. The molecule has 0 saturated heterocycles. The Kier molecular flexibility index (Phi) is 2.40. The van der Waals surface area contributed by atoms with Crippen LogP contribution in [0.2, 0.25) is 0 Å². The highest BCUT2D eigenvalue weighted by Crippen LogP contribution is 2.31. The van der Waals surface area contributed by atoms with Gasteiger partial charge in [-0.3, -0.25) is 0 Å². The van der Waals surface area contributed by atoms with E-state index in [1.807, 2.05) is 44.2 Å². The van der Waals surface area contributed by atoms with Gasteiger partial charge in [0.1, 0.15) is 12.2 Å². The van der Waals surface area contributed by atoms with E-state index in [1.165, 1.54) is 5.57 Å². The van der Waals surface area contributed by atoms with Gasteiger partial charge in [0.25, 0.3) is 0 Å². The molecule has 2 heteroatoms. The molecular formula is C12H14O2. The van der Waals surface area contributed by atoms with E-state index in [-0.39, 0.29) is 0 Å². The van der Waals surface area contributed by atoms with Crippen molar-refractivity contribution in [2.24, 2.45) is 0 Å². The zero-order valence-corrected chi connectivity index (χ0v) is 8.49. The predicted molar refractivity (Wildman–Crippen MR) is 54.6 cm³/mol. The van der Waals surface area contributed by atoms with Crippen LogP contribution in [0, 0.1) is 0 Å². The maximum absolute atomic E-state index is 5.35. The number of hydrogen-bond acceptors (Lipinski definition) is 2. The molecule has 1 heterocycles. The molecule has 1 atom stereocenters. The summed E-state index contributed by atoms with van der Waals surface area (Å²) in [6, 6.07) is 10.1. The molecule has 74 valence electrons. The summed E-state index contributed by atoms with van der Waals surface area (Å²) in [4.78, 5) is 10.4. The first kappa shape index (κ1) is 9.44. The van der Waals surface area contributed by atoms with Gasteiger partial charge >= 0.3 is 0 Å². The van der Waals surface area contributed by atoms with Gasteiger partial charge in [0.05, 0.1) is 0 Å². The Morgan fingerprint density at radius 2 is 1.93 bits per heavy atom. The molecule has 0 amide bonds. The first-order valence-electron chi connectivity index (χ1n) is 4.75. The van der Waals surface area contributed by atoms with Crippen molar-refractivity contribution in [1.29, 1.82) is 0 Å². The average Bonchev–Trinajstić information content (AvgIpc) is 2.19. The lowest BCUT2D eigenvalue weighted by molar-refractivity contribution is -0.352. The molecule has 1 unspecified atom stereocenters. The van der Waals surface area contributed by atoms with E-state index in [0.717, 1.165) is 5.56 Å². The first-order valence-corrected chi connectivity index (χ1v) is 4.75. The molecule has 0 bridgehead atoms. The minimum absolute atomic E-state index is 0.441. The van der Waals surface area contributed by atoms with Gasteiger partial charge in [0.2, 0.25) is 0 Å². The SMILES string of the molecule is CC1=CC(C)(c2ccccc2)OOC1. The number of hydrogen-bond donors (Lipinski definition) is 0. The van der Waals surface area contributed by atoms with Crippen molar-refractivity contribution in [1.82, 2.24) is 0 Å². The smallest absolute Gasteiger partial charge is 0.144 e. The van der Waals surface area contributed by atoms with Crippen LogP contribution in [-0.4, -0.2) is 6.61 Å². The normalized spacial score (nSPS) is 27.1. The molecule has 14 heavy (non-hydrogen) atoms. The van der Waals surface area contributed by atoms with E-state index in [1.54, 1.807) is 0 Å². The van der Waals surface area contributed by atoms with Gasteiger partial charge < -0.3 is 0 Å².